The van der Waals surface area contributed by atoms with E-state index in [0.717, 1.165) is 39.8 Å². The van der Waals surface area contributed by atoms with Crippen LogP contribution < -0.4 is 4.74 Å². The second-order valence-electron chi connectivity index (χ2n) is 9.77. The average Bonchev–Trinajstić information content (AvgIpc) is 2.81. The summed E-state index contributed by atoms with van der Waals surface area (Å²) in [5.41, 5.74) is 7.68. The summed E-state index contributed by atoms with van der Waals surface area (Å²) in [6.07, 6.45) is 1.05. The molecule has 0 saturated carbocycles. The SMILES string of the molecule is Cc1cccc([C@@H]2CCO[P@@](=O)(COc3cc(C)c(Cc4ccc(O)c(C(C)C)c4)c(C)c3)O2)c1. The van der Waals surface area contributed by atoms with Crippen molar-refractivity contribution in [2.75, 3.05) is 13.0 Å². The highest BCUT2D eigenvalue weighted by Gasteiger charge is 2.35. The van der Waals surface area contributed by atoms with E-state index < -0.39 is 7.60 Å². The van der Waals surface area contributed by atoms with Crippen molar-refractivity contribution in [3.8, 4) is 11.5 Å². The topological polar surface area (TPSA) is 65.0 Å². The first-order chi connectivity index (χ1) is 16.6. The molecule has 0 spiro atoms. The van der Waals surface area contributed by atoms with E-state index in [9.17, 15) is 9.67 Å². The molecule has 0 unspecified atom stereocenters. The molecule has 0 radical (unpaired) electrons. The molecule has 3 aromatic carbocycles. The number of hydrogen-bond donors (Lipinski definition) is 1. The van der Waals surface area contributed by atoms with Gasteiger partial charge in [0.1, 0.15) is 11.5 Å². The van der Waals surface area contributed by atoms with Crippen molar-refractivity contribution in [2.24, 2.45) is 0 Å². The van der Waals surface area contributed by atoms with Crippen LogP contribution in [0.1, 0.15) is 71.2 Å². The molecule has 1 N–H and O–H groups in total. The first-order valence-electron chi connectivity index (χ1n) is 12.2. The maximum absolute atomic E-state index is 13.3. The number of benzene rings is 3. The summed E-state index contributed by atoms with van der Waals surface area (Å²) in [7, 11) is -3.38. The van der Waals surface area contributed by atoms with Crippen LogP contribution in [-0.4, -0.2) is 18.1 Å². The molecule has 35 heavy (non-hydrogen) atoms. The van der Waals surface area contributed by atoms with Gasteiger partial charge in [-0.1, -0.05) is 55.8 Å². The van der Waals surface area contributed by atoms with Gasteiger partial charge in [-0.15, -0.1) is 0 Å². The lowest BCUT2D eigenvalue weighted by atomic mass is 9.93. The summed E-state index contributed by atoms with van der Waals surface area (Å²) in [5.74, 6) is 1.25. The standard InChI is InChI=1S/C29H35O5P/c1-19(2)26-16-23(9-10-28(26)30)17-27-21(4)14-25(15-22(27)5)32-18-35(31)33-12-11-29(34-35)24-8-6-7-20(3)13-24/h6-10,13-16,19,29-30H,11-12,17-18H2,1-5H3/t29-,35-/m0/s1. The first-order valence-corrected chi connectivity index (χ1v) is 13.9. The van der Waals surface area contributed by atoms with Crippen LogP contribution in [0.15, 0.2) is 54.6 Å². The molecule has 186 valence electrons. The molecule has 6 heteroatoms. The minimum atomic E-state index is -3.38. The molecule has 5 nitrogen and oxygen atoms in total. The average molecular weight is 495 g/mol. The zero-order valence-electron chi connectivity index (χ0n) is 21.2. The predicted molar refractivity (Wildman–Crippen MR) is 140 cm³/mol. The molecule has 2 atom stereocenters. The summed E-state index contributed by atoms with van der Waals surface area (Å²) in [6.45, 7) is 10.7. The summed E-state index contributed by atoms with van der Waals surface area (Å²) < 4.78 is 30.7. The number of phenols is 1. The van der Waals surface area contributed by atoms with Crippen LogP contribution >= 0.6 is 7.60 Å². The lowest BCUT2D eigenvalue weighted by Crippen LogP contribution is -2.17. The summed E-state index contributed by atoms with van der Waals surface area (Å²) in [5, 5.41) is 10.1. The molecule has 4 rings (SSSR count). The van der Waals surface area contributed by atoms with Crippen molar-refractivity contribution in [3.63, 3.8) is 0 Å². The maximum Gasteiger partial charge on any atom is 0.368 e. The van der Waals surface area contributed by atoms with Gasteiger partial charge in [-0.2, -0.15) is 0 Å². The van der Waals surface area contributed by atoms with Gasteiger partial charge in [0, 0.05) is 6.42 Å². The maximum atomic E-state index is 13.3. The molecule has 1 saturated heterocycles. The molecule has 0 amide bonds. The minimum Gasteiger partial charge on any atom is -0.508 e. The number of phenolic OH excluding ortho intramolecular Hbond substituents is 1. The minimum absolute atomic E-state index is 0.122. The fourth-order valence-corrected chi connectivity index (χ4v) is 6.09. The van der Waals surface area contributed by atoms with E-state index in [1.54, 1.807) is 6.07 Å². The van der Waals surface area contributed by atoms with E-state index in [4.69, 9.17) is 13.8 Å². The van der Waals surface area contributed by atoms with Gasteiger partial charge in [-0.25, -0.2) is 0 Å². The van der Waals surface area contributed by atoms with E-state index >= 15 is 0 Å². The normalized spacial score (nSPS) is 20.2. The van der Waals surface area contributed by atoms with E-state index in [0.29, 0.717) is 24.5 Å². The Morgan fingerprint density at radius 3 is 2.49 bits per heavy atom. The third-order valence-corrected chi connectivity index (χ3v) is 8.12. The monoisotopic (exact) mass is 494 g/mol. The Balaban J connectivity index is 1.45. The van der Waals surface area contributed by atoms with Gasteiger partial charge in [-0.3, -0.25) is 9.09 Å². The Labute approximate surface area is 208 Å². The molecule has 1 fully saturated rings. The van der Waals surface area contributed by atoms with Gasteiger partial charge in [-0.05, 0) is 84.7 Å². The Kier molecular flexibility index (Phi) is 7.70. The van der Waals surface area contributed by atoms with Crippen molar-refractivity contribution in [2.45, 2.75) is 59.5 Å². The Morgan fingerprint density at radius 1 is 1.06 bits per heavy atom. The fourth-order valence-electron chi connectivity index (χ4n) is 4.59. The van der Waals surface area contributed by atoms with E-state index in [1.165, 1.54) is 5.56 Å². The second-order valence-corrected chi connectivity index (χ2v) is 11.7. The zero-order valence-corrected chi connectivity index (χ0v) is 22.1. The fraction of sp³-hybridized carbons (Fsp3) is 0.379. The number of hydrogen-bond acceptors (Lipinski definition) is 5. The van der Waals surface area contributed by atoms with Crippen molar-refractivity contribution in [1.29, 1.82) is 0 Å². The zero-order chi connectivity index (χ0) is 25.2. The van der Waals surface area contributed by atoms with Gasteiger partial charge in [0.25, 0.3) is 0 Å². The third-order valence-electron chi connectivity index (χ3n) is 6.52. The Morgan fingerprint density at radius 2 is 1.80 bits per heavy atom. The molecule has 0 aliphatic carbocycles. The highest BCUT2D eigenvalue weighted by atomic mass is 31.2. The molecular weight excluding hydrogens is 459 g/mol. The van der Waals surface area contributed by atoms with Gasteiger partial charge >= 0.3 is 7.60 Å². The molecule has 0 bridgehead atoms. The second kappa shape index (κ2) is 10.6. The number of aromatic hydroxyl groups is 1. The largest absolute Gasteiger partial charge is 0.508 e. The summed E-state index contributed by atoms with van der Waals surface area (Å²) in [6, 6.07) is 17.8. The molecule has 1 heterocycles. The lowest BCUT2D eigenvalue weighted by molar-refractivity contribution is 0.0725. The molecule has 0 aromatic heterocycles. The first kappa shape index (κ1) is 25.5. The van der Waals surface area contributed by atoms with Crippen LogP contribution in [0.25, 0.3) is 0 Å². The number of ether oxygens (including phenoxy) is 1. The van der Waals surface area contributed by atoms with Gasteiger partial charge in [0.2, 0.25) is 0 Å². The van der Waals surface area contributed by atoms with Crippen LogP contribution in [-0.2, 0) is 20.0 Å². The van der Waals surface area contributed by atoms with Crippen LogP contribution in [0.3, 0.4) is 0 Å². The molecular formula is C29H35O5P. The highest BCUT2D eigenvalue weighted by molar-refractivity contribution is 7.53. The molecule has 1 aliphatic heterocycles. The Hall–Kier alpha value is -2.59. The summed E-state index contributed by atoms with van der Waals surface area (Å²) in [4.78, 5) is 0. The van der Waals surface area contributed by atoms with E-state index in [1.807, 2.05) is 43.3 Å². The van der Waals surface area contributed by atoms with Gasteiger partial charge in [0.15, 0.2) is 6.35 Å². The van der Waals surface area contributed by atoms with Gasteiger partial charge < -0.3 is 14.4 Å². The Bertz CT molecular complexity index is 1230. The quantitative estimate of drug-likeness (QED) is 0.340. The van der Waals surface area contributed by atoms with Crippen LogP contribution in [0.2, 0.25) is 0 Å². The van der Waals surface area contributed by atoms with Crippen molar-refractivity contribution in [1.82, 2.24) is 0 Å². The highest BCUT2D eigenvalue weighted by Crippen LogP contribution is 2.56. The van der Waals surface area contributed by atoms with Crippen LogP contribution in [0.5, 0.6) is 11.5 Å². The predicted octanol–water partition coefficient (Wildman–Crippen LogP) is 7.74. The van der Waals surface area contributed by atoms with Gasteiger partial charge in [0.05, 0.1) is 12.7 Å². The smallest absolute Gasteiger partial charge is 0.368 e. The van der Waals surface area contributed by atoms with Crippen LogP contribution in [0.4, 0.5) is 0 Å². The molecule has 3 aromatic rings. The van der Waals surface area contributed by atoms with E-state index in [2.05, 4.69) is 39.8 Å². The molecule has 1 aliphatic rings. The van der Waals surface area contributed by atoms with Crippen molar-refractivity contribution in [3.05, 3.63) is 93.5 Å². The van der Waals surface area contributed by atoms with Crippen molar-refractivity contribution >= 4 is 7.60 Å². The third kappa shape index (κ3) is 6.16. The van der Waals surface area contributed by atoms with Crippen molar-refractivity contribution < 1.29 is 23.5 Å². The van der Waals surface area contributed by atoms with Crippen LogP contribution in [0, 0.1) is 20.8 Å². The van der Waals surface area contributed by atoms with E-state index in [-0.39, 0.29) is 18.4 Å². The number of rotatable bonds is 7. The summed E-state index contributed by atoms with van der Waals surface area (Å²) >= 11 is 0. The number of aryl methyl sites for hydroxylation is 3. The lowest BCUT2D eigenvalue weighted by Gasteiger charge is -2.30.